The van der Waals surface area contributed by atoms with Crippen molar-refractivity contribution < 1.29 is 67.0 Å². The van der Waals surface area contributed by atoms with Crippen molar-refractivity contribution in [2.75, 3.05) is 31.4 Å². The molecule has 370 valence electrons. The number of halogens is 2. The van der Waals surface area contributed by atoms with E-state index in [0.29, 0.717) is 28.8 Å². The lowest BCUT2D eigenvalue weighted by atomic mass is 10.1. The van der Waals surface area contributed by atoms with Crippen LogP contribution in [0.2, 0.25) is 0 Å². The summed E-state index contributed by atoms with van der Waals surface area (Å²) in [7, 11) is -12.4. The molecule has 26 heteroatoms. The van der Waals surface area contributed by atoms with E-state index in [9.17, 15) is 44.0 Å². The Hall–Kier alpha value is -6.94. The van der Waals surface area contributed by atoms with E-state index in [-0.39, 0.29) is 102 Å². The highest BCUT2D eigenvalue weighted by molar-refractivity contribution is 7.86. The molecule has 0 aliphatic carbocycles. The van der Waals surface area contributed by atoms with Crippen LogP contribution in [0.3, 0.4) is 0 Å². The third-order valence-electron chi connectivity index (χ3n) is 9.71. The summed E-state index contributed by atoms with van der Waals surface area (Å²) in [5, 5.41) is 28.4. The van der Waals surface area contributed by atoms with Crippen molar-refractivity contribution in [3.8, 4) is 17.2 Å². The standard InChI is InChI=1S/C44H44F2N8O13S3/c1-3-15-66-39-23-36(53-51-31-9-5-28(26-55)6-10-31)34(45)18-29(39)20-42-48-43(50-44(49-42)47-25-27-7-12-33(13-8-27)69(59,60)61)21-30-19-35(46)37(24-40(30)67-16-4-17-68(56,57)58)54-52-32-11-14-38(65-2)41(22-32)70(62,63)64/h5-14,18-19,22-24,55H,3-4,15-17,20-21,25-26H2,1-2H3,(H,56,57,58)(H,59,60,61)(H,62,63,64)(H,47,48,49,50). The minimum Gasteiger partial charge on any atom is -0.495 e. The van der Waals surface area contributed by atoms with Crippen molar-refractivity contribution in [3.05, 3.63) is 137 Å². The lowest BCUT2D eigenvalue weighted by molar-refractivity contribution is 0.282. The molecule has 6 rings (SSSR count). The van der Waals surface area contributed by atoms with E-state index in [2.05, 4.69) is 40.7 Å². The summed E-state index contributed by atoms with van der Waals surface area (Å²) in [4.78, 5) is 12.7. The molecule has 0 saturated heterocycles. The minimum atomic E-state index is -4.76. The van der Waals surface area contributed by atoms with Crippen LogP contribution < -0.4 is 19.5 Å². The Morgan fingerprint density at radius 3 is 1.69 bits per heavy atom. The number of aromatic nitrogens is 3. The highest BCUT2D eigenvalue weighted by atomic mass is 32.2. The van der Waals surface area contributed by atoms with Crippen molar-refractivity contribution in [1.82, 2.24) is 15.0 Å². The Morgan fingerprint density at radius 1 is 0.629 bits per heavy atom. The van der Waals surface area contributed by atoms with Gasteiger partial charge in [0, 0.05) is 42.6 Å². The first-order valence-electron chi connectivity index (χ1n) is 20.8. The molecule has 0 spiro atoms. The number of aliphatic hydroxyl groups excluding tert-OH is 1. The fourth-order valence-electron chi connectivity index (χ4n) is 6.33. The lowest BCUT2D eigenvalue weighted by Crippen LogP contribution is -2.12. The maximum atomic E-state index is 16.0. The topological polar surface area (TPSA) is 311 Å². The molecule has 21 nitrogen and oxygen atoms in total. The first-order chi connectivity index (χ1) is 33.2. The van der Waals surface area contributed by atoms with Crippen LogP contribution in [-0.2, 0) is 56.3 Å². The van der Waals surface area contributed by atoms with Gasteiger partial charge in [-0.05, 0) is 78.6 Å². The normalized spacial score (nSPS) is 12.2. The number of rotatable bonds is 23. The maximum absolute atomic E-state index is 16.0. The predicted octanol–water partition coefficient (Wildman–Crippen LogP) is 8.21. The lowest BCUT2D eigenvalue weighted by Gasteiger charge is -2.15. The first-order valence-corrected chi connectivity index (χ1v) is 25.3. The van der Waals surface area contributed by atoms with Gasteiger partial charge in [0.05, 0.1) is 49.0 Å². The Kier molecular flexibility index (Phi) is 17.3. The van der Waals surface area contributed by atoms with Gasteiger partial charge in [0.15, 0.2) is 11.6 Å². The molecular weight excluding hydrogens is 983 g/mol. The van der Waals surface area contributed by atoms with Crippen LogP contribution in [0, 0.1) is 11.6 Å². The van der Waals surface area contributed by atoms with Gasteiger partial charge in [-0.2, -0.15) is 45.4 Å². The number of hydrogen-bond acceptors (Lipinski definition) is 18. The van der Waals surface area contributed by atoms with Crippen molar-refractivity contribution in [3.63, 3.8) is 0 Å². The molecule has 5 N–H and O–H groups in total. The second kappa shape index (κ2) is 23.1. The van der Waals surface area contributed by atoms with Gasteiger partial charge in [0.25, 0.3) is 30.4 Å². The van der Waals surface area contributed by atoms with E-state index in [4.69, 9.17) is 14.2 Å². The third kappa shape index (κ3) is 15.0. The van der Waals surface area contributed by atoms with Gasteiger partial charge in [-0.3, -0.25) is 13.7 Å². The molecule has 0 saturated carbocycles. The number of aliphatic hydroxyl groups is 1. The molecule has 5 aromatic carbocycles. The van der Waals surface area contributed by atoms with Crippen molar-refractivity contribution >= 4 is 59.1 Å². The summed E-state index contributed by atoms with van der Waals surface area (Å²) in [5.74, 6) is -2.34. The number of azo groups is 2. The Balaban J connectivity index is 1.38. The molecule has 0 aliphatic rings. The Morgan fingerprint density at radius 2 is 1.17 bits per heavy atom. The zero-order valence-corrected chi connectivity index (χ0v) is 39.5. The van der Waals surface area contributed by atoms with Gasteiger partial charge in [0.1, 0.15) is 45.2 Å². The number of methoxy groups -OCH3 is 1. The molecule has 1 aromatic heterocycles. The van der Waals surface area contributed by atoms with Crippen LogP contribution in [0.1, 0.15) is 53.7 Å². The largest absolute Gasteiger partial charge is 0.495 e. The van der Waals surface area contributed by atoms with E-state index in [1.807, 2.05) is 6.92 Å². The highest BCUT2D eigenvalue weighted by Gasteiger charge is 2.20. The number of benzene rings is 5. The van der Waals surface area contributed by atoms with Gasteiger partial charge < -0.3 is 24.6 Å². The first kappa shape index (κ1) is 52.4. The van der Waals surface area contributed by atoms with E-state index in [1.165, 1.54) is 55.6 Å². The number of nitrogens with zero attached hydrogens (tertiary/aromatic N) is 7. The molecule has 0 unspecified atom stereocenters. The van der Waals surface area contributed by atoms with Gasteiger partial charge in [-0.25, -0.2) is 13.8 Å². The van der Waals surface area contributed by atoms with E-state index < -0.39 is 58.3 Å². The fraction of sp³-hybridized carbons (Fsp3) is 0.250. The van der Waals surface area contributed by atoms with Crippen molar-refractivity contribution in [1.29, 1.82) is 0 Å². The summed E-state index contributed by atoms with van der Waals surface area (Å²) in [5.41, 5.74) is 1.32. The minimum absolute atomic E-state index is 0.0101. The van der Waals surface area contributed by atoms with Crippen LogP contribution >= 0.6 is 0 Å². The molecule has 0 fully saturated rings. The summed E-state index contributed by atoms with van der Waals surface area (Å²) >= 11 is 0. The predicted molar refractivity (Wildman–Crippen MR) is 248 cm³/mol. The van der Waals surface area contributed by atoms with E-state index in [1.54, 1.807) is 24.3 Å². The van der Waals surface area contributed by atoms with Gasteiger partial charge in [-0.15, -0.1) is 10.2 Å². The zero-order chi connectivity index (χ0) is 50.6. The van der Waals surface area contributed by atoms with Crippen molar-refractivity contribution in [2.24, 2.45) is 20.5 Å². The Labute approximate surface area is 400 Å². The van der Waals surface area contributed by atoms with E-state index in [0.717, 1.165) is 18.2 Å². The smallest absolute Gasteiger partial charge is 0.298 e. The molecular formula is C44H44F2N8O13S3. The fourth-order valence-corrected chi connectivity index (χ4v) is 7.97. The van der Waals surface area contributed by atoms with Crippen LogP contribution in [0.25, 0.3) is 0 Å². The molecule has 0 bridgehead atoms. The van der Waals surface area contributed by atoms with Gasteiger partial charge in [-0.1, -0.05) is 31.2 Å². The second-order valence-corrected chi connectivity index (χ2v) is 19.4. The molecule has 0 amide bonds. The number of nitrogens with one attached hydrogen (secondary N) is 1. The molecule has 0 radical (unpaired) electrons. The van der Waals surface area contributed by atoms with Crippen LogP contribution in [0.5, 0.6) is 17.2 Å². The Bertz CT molecular complexity index is 3240. The van der Waals surface area contributed by atoms with E-state index >= 15 is 8.78 Å². The summed E-state index contributed by atoms with van der Waals surface area (Å²) < 4.78 is 147. The molecule has 70 heavy (non-hydrogen) atoms. The van der Waals surface area contributed by atoms with Gasteiger partial charge in [0.2, 0.25) is 5.95 Å². The second-order valence-electron chi connectivity index (χ2n) is 15.0. The summed E-state index contributed by atoms with van der Waals surface area (Å²) in [6.45, 7) is 1.67. The van der Waals surface area contributed by atoms with Crippen molar-refractivity contribution in [2.45, 2.75) is 55.5 Å². The summed E-state index contributed by atoms with van der Waals surface area (Å²) in [6, 6.07) is 20.0. The zero-order valence-electron chi connectivity index (χ0n) is 37.1. The monoisotopic (exact) mass is 1030 g/mol. The quantitative estimate of drug-likeness (QED) is 0.0229. The molecule has 0 aliphatic heterocycles. The number of hydrogen-bond donors (Lipinski definition) is 5. The molecule has 0 atom stereocenters. The number of ether oxygens (including phenoxy) is 3. The third-order valence-corrected chi connectivity index (χ3v) is 12.3. The SMILES string of the molecule is CCCOc1cc(N=Nc2ccc(CO)cc2)c(F)cc1Cc1nc(Cc2cc(F)c(N=Nc3ccc(OC)c(S(=O)(=O)O)c3)cc2OCCCS(=O)(=O)O)nc(NCc2ccc(S(=O)(=O)O)cc2)n1. The number of anilines is 1. The van der Waals surface area contributed by atoms with Crippen LogP contribution in [0.15, 0.2) is 121 Å². The van der Waals surface area contributed by atoms with Crippen LogP contribution in [0.4, 0.5) is 37.5 Å². The average molecular weight is 1030 g/mol. The highest BCUT2D eigenvalue weighted by Crippen LogP contribution is 2.35. The van der Waals surface area contributed by atoms with Crippen LogP contribution in [-0.4, -0.2) is 85.0 Å². The average Bonchev–Trinajstić information content (AvgIpc) is 3.31. The summed E-state index contributed by atoms with van der Waals surface area (Å²) in [6.07, 6.45) is -0.0333. The molecule has 1 heterocycles. The maximum Gasteiger partial charge on any atom is 0.298 e. The van der Waals surface area contributed by atoms with Gasteiger partial charge >= 0.3 is 0 Å². The molecule has 6 aromatic rings.